The third-order valence-electron chi connectivity index (χ3n) is 2.54. The average molecular weight is 246 g/mol. The number of pyridine rings is 1. The molecule has 0 saturated heterocycles. The molecule has 0 N–H and O–H groups in total. The highest BCUT2D eigenvalue weighted by Crippen LogP contribution is 2.33. The van der Waals surface area contributed by atoms with Gasteiger partial charge in [-0.1, -0.05) is 6.92 Å². The molecular weight excluding hydrogens is 236 g/mol. The fraction of sp³-hybridized carbons (Fsp3) is 0.167. The number of hydrogen-bond donors (Lipinski definition) is 0. The lowest BCUT2D eigenvalue weighted by Gasteiger charge is -1.94. The van der Waals surface area contributed by atoms with Gasteiger partial charge in [0, 0.05) is 17.1 Å². The van der Waals surface area contributed by atoms with Gasteiger partial charge in [-0.15, -0.1) is 11.3 Å². The molecule has 0 aliphatic carbocycles. The van der Waals surface area contributed by atoms with Gasteiger partial charge < -0.3 is 0 Å². The quantitative estimate of drug-likeness (QED) is 0.683. The maximum atomic E-state index is 4.63. The topological polar surface area (TPSA) is 25.8 Å². The number of nitrogens with zero attached hydrogens (tertiary/aromatic N) is 2. The SMILES string of the molecule is CCc1cscc1-c1nc2cnccc2s1. The molecule has 0 atom stereocenters. The van der Waals surface area contributed by atoms with E-state index in [0.717, 1.165) is 16.9 Å². The fourth-order valence-corrected chi connectivity index (χ4v) is 3.66. The van der Waals surface area contributed by atoms with E-state index in [1.807, 2.05) is 18.5 Å². The molecule has 0 fully saturated rings. The zero-order valence-corrected chi connectivity index (χ0v) is 10.4. The molecule has 0 aliphatic heterocycles. The summed E-state index contributed by atoms with van der Waals surface area (Å²) >= 11 is 3.49. The summed E-state index contributed by atoms with van der Waals surface area (Å²) in [5.74, 6) is 0. The average Bonchev–Trinajstić information content (AvgIpc) is 2.94. The summed E-state index contributed by atoms with van der Waals surface area (Å²) in [5.41, 5.74) is 3.67. The van der Waals surface area contributed by atoms with E-state index in [-0.39, 0.29) is 0 Å². The number of hydrogen-bond acceptors (Lipinski definition) is 4. The van der Waals surface area contributed by atoms with Crippen LogP contribution in [-0.2, 0) is 6.42 Å². The highest BCUT2D eigenvalue weighted by atomic mass is 32.1. The van der Waals surface area contributed by atoms with Crippen molar-refractivity contribution in [2.45, 2.75) is 13.3 Å². The molecule has 2 nitrogen and oxygen atoms in total. The minimum absolute atomic E-state index is 0.996. The Bertz CT molecular complexity index is 592. The van der Waals surface area contributed by atoms with E-state index < -0.39 is 0 Å². The minimum Gasteiger partial charge on any atom is -0.262 e. The number of rotatable bonds is 2. The predicted molar refractivity (Wildman–Crippen MR) is 70.1 cm³/mol. The molecule has 0 spiro atoms. The number of thiophene rings is 1. The largest absolute Gasteiger partial charge is 0.262 e. The Morgan fingerprint density at radius 2 is 2.25 bits per heavy atom. The van der Waals surface area contributed by atoms with Gasteiger partial charge in [0.05, 0.1) is 10.9 Å². The first-order valence-electron chi connectivity index (χ1n) is 5.14. The van der Waals surface area contributed by atoms with Crippen LogP contribution in [0, 0.1) is 0 Å². The van der Waals surface area contributed by atoms with E-state index in [0.29, 0.717) is 0 Å². The molecule has 3 rings (SSSR count). The predicted octanol–water partition coefficient (Wildman–Crippen LogP) is 3.98. The van der Waals surface area contributed by atoms with Gasteiger partial charge in [0.1, 0.15) is 10.5 Å². The van der Waals surface area contributed by atoms with E-state index in [9.17, 15) is 0 Å². The highest BCUT2D eigenvalue weighted by Gasteiger charge is 2.10. The van der Waals surface area contributed by atoms with Crippen molar-refractivity contribution >= 4 is 32.9 Å². The molecule has 0 aromatic carbocycles. The number of fused-ring (bicyclic) bond motifs is 1. The highest BCUT2D eigenvalue weighted by molar-refractivity contribution is 7.22. The van der Waals surface area contributed by atoms with Crippen molar-refractivity contribution in [1.29, 1.82) is 0 Å². The maximum absolute atomic E-state index is 4.63. The summed E-state index contributed by atoms with van der Waals surface area (Å²) in [5, 5.41) is 5.50. The van der Waals surface area contributed by atoms with Crippen LogP contribution in [0.15, 0.2) is 29.2 Å². The van der Waals surface area contributed by atoms with Crippen LogP contribution in [-0.4, -0.2) is 9.97 Å². The summed E-state index contributed by atoms with van der Waals surface area (Å²) in [4.78, 5) is 8.72. The Labute approximate surface area is 102 Å². The van der Waals surface area contributed by atoms with Crippen molar-refractivity contribution in [3.05, 3.63) is 34.8 Å². The van der Waals surface area contributed by atoms with E-state index in [2.05, 4.69) is 27.7 Å². The molecule has 3 heterocycles. The second kappa shape index (κ2) is 3.96. The van der Waals surface area contributed by atoms with E-state index in [4.69, 9.17) is 0 Å². The molecule has 3 aromatic rings. The first-order valence-corrected chi connectivity index (χ1v) is 6.90. The summed E-state index contributed by atoms with van der Waals surface area (Å²) in [6, 6.07) is 2.02. The second-order valence-electron chi connectivity index (χ2n) is 3.53. The summed E-state index contributed by atoms with van der Waals surface area (Å²) in [6.45, 7) is 2.18. The molecule has 0 radical (unpaired) electrons. The van der Waals surface area contributed by atoms with Gasteiger partial charge in [-0.05, 0) is 23.4 Å². The van der Waals surface area contributed by atoms with Gasteiger partial charge in [0.2, 0.25) is 0 Å². The van der Waals surface area contributed by atoms with Crippen molar-refractivity contribution in [3.8, 4) is 10.6 Å². The lowest BCUT2D eigenvalue weighted by atomic mass is 10.1. The molecule has 0 aliphatic rings. The normalized spacial score (nSPS) is 11.1. The Morgan fingerprint density at radius 1 is 1.31 bits per heavy atom. The number of thiazole rings is 1. The van der Waals surface area contributed by atoms with E-state index in [1.165, 1.54) is 15.8 Å². The fourth-order valence-electron chi connectivity index (χ4n) is 1.68. The molecule has 16 heavy (non-hydrogen) atoms. The third kappa shape index (κ3) is 1.54. The van der Waals surface area contributed by atoms with Gasteiger partial charge >= 0.3 is 0 Å². The first-order chi connectivity index (χ1) is 7.88. The molecule has 0 unspecified atom stereocenters. The molecule has 0 amide bonds. The summed E-state index contributed by atoms with van der Waals surface area (Å²) in [7, 11) is 0. The van der Waals surface area contributed by atoms with Gasteiger partial charge in [-0.2, -0.15) is 11.3 Å². The van der Waals surface area contributed by atoms with Crippen molar-refractivity contribution in [3.63, 3.8) is 0 Å². The monoisotopic (exact) mass is 246 g/mol. The van der Waals surface area contributed by atoms with Gasteiger partial charge in [0.15, 0.2) is 0 Å². The zero-order chi connectivity index (χ0) is 11.0. The lowest BCUT2D eigenvalue weighted by Crippen LogP contribution is -1.80. The van der Waals surface area contributed by atoms with E-state index >= 15 is 0 Å². The van der Waals surface area contributed by atoms with Gasteiger partial charge in [-0.25, -0.2) is 4.98 Å². The summed E-state index contributed by atoms with van der Waals surface area (Å²) < 4.78 is 1.21. The third-order valence-corrected chi connectivity index (χ3v) is 4.41. The first kappa shape index (κ1) is 9.93. The van der Waals surface area contributed by atoms with Crippen LogP contribution < -0.4 is 0 Å². The standard InChI is InChI=1S/C12H10N2S2/c1-2-8-6-15-7-9(8)12-14-10-5-13-4-3-11(10)16-12/h3-7H,2H2,1H3. The molecule has 0 saturated carbocycles. The van der Waals surface area contributed by atoms with Crippen LogP contribution in [0.2, 0.25) is 0 Å². The van der Waals surface area contributed by atoms with Crippen molar-refractivity contribution in [2.24, 2.45) is 0 Å². The van der Waals surface area contributed by atoms with Crippen LogP contribution in [0.5, 0.6) is 0 Å². The molecule has 0 bridgehead atoms. The molecule has 80 valence electrons. The van der Waals surface area contributed by atoms with E-state index in [1.54, 1.807) is 22.7 Å². The van der Waals surface area contributed by atoms with Crippen LogP contribution >= 0.6 is 22.7 Å². The molecule has 3 aromatic heterocycles. The van der Waals surface area contributed by atoms with Gasteiger partial charge in [0.25, 0.3) is 0 Å². The Morgan fingerprint density at radius 3 is 3.06 bits per heavy atom. The number of aryl methyl sites for hydroxylation is 1. The van der Waals surface area contributed by atoms with Crippen LogP contribution in [0.4, 0.5) is 0 Å². The smallest absolute Gasteiger partial charge is 0.125 e. The van der Waals surface area contributed by atoms with Crippen molar-refractivity contribution in [2.75, 3.05) is 0 Å². The Balaban J connectivity index is 2.19. The van der Waals surface area contributed by atoms with Crippen LogP contribution in [0.3, 0.4) is 0 Å². The Kier molecular flexibility index (Phi) is 2.46. The summed E-state index contributed by atoms with van der Waals surface area (Å²) in [6.07, 6.45) is 4.71. The number of aromatic nitrogens is 2. The maximum Gasteiger partial charge on any atom is 0.125 e. The molecular formula is C12H10N2S2. The van der Waals surface area contributed by atoms with Crippen molar-refractivity contribution < 1.29 is 0 Å². The zero-order valence-electron chi connectivity index (χ0n) is 8.80. The molecule has 4 heteroatoms. The van der Waals surface area contributed by atoms with Crippen LogP contribution in [0.1, 0.15) is 12.5 Å². The van der Waals surface area contributed by atoms with Crippen molar-refractivity contribution in [1.82, 2.24) is 9.97 Å². The minimum atomic E-state index is 0.996. The lowest BCUT2D eigenvalue weighted by molar-refractivity contribution is 1.16. The second-order valence-corrected chi connectivity index (χ2v) is 5.30. The van der Waals surface area contributed by atoms with Crippen LogP contribution in [0.25, 0.3) is 20.8 Å². The van der Waals surface area contributed by atoms with Gasteiger partial charge in [-0.3, -0.25) is 4.98 Å². The Hall–Kier alpha value is -1.26.